The van der Waals surface area contributed by atoms with Crippen LogP contribution in [0, 0.1) is 5.82 Å². The van der Waals surface area contributed by atoms with Gasteiger partial charge in [-0.15, -0.1) is 0 Å². The number of phenolic OH excluding ortho intramolecular Hbond substituents is 1. The number of halogens is 5. The summed E-state index contributed by atoms with van der Waals surface area (Å²) in [6, 6.07) is 6.23. The van der Waals surface area contributed by atoms with E-state index >= 15 is 0 Å². The van der Waals surface area contributed by atoms with Gasteiger partial charge in [-0.3, -0.25) is 0 Å². The molecule has 1 saturated heterocycles. The second-order valence-electron chi connectivity index (χ2n) is 7.50. The number of alkyl halides is 3. The lowest BCUT2D eigenvalue weighted by Gasteiger charge is -2.31. The molecule has 3 N–H and O–H groups in total. The number of anilines is 1. The number of piperidine rings is 1. The van der Waals surface area contributed by atoms with Crippen LogP contribution < -0.4 is 5.32 Å². The third kappa shape index (κ3) is 6.26. The maximum absolute atomic E-state index is 13.4. The van der Waals surface area contributed by atoms with E-state index in [0.717, 1.165) is 44.6 Å². The van der Waals surface area contributed by atoms with Crippen molar-refractivity contribution in [2.45, 2.75) is 32.0 Å². The molecule has 2 aromatic heterocycles. The number of aliphatic carboxylic acids is 1. The number of carboxylic acid groups (broad SMARTS) is 1. The number of oxazole rings is 1. The number of carboxylic acids is 1. The molecule has 8 nitrogen and oxygen atoms in total. The molecular weight excluding hydrogens is 484 g/mol. The Morgan fingerprint density at radius 1 is 1.32 bits per heavy atom. The van der Waals surface area contributed by atoms with Crippen molar-refractivity contribution in [3.05, 3.63) is 35.1 Å². The first kappa shape index (κ1) is 25.5. The highest BCUT2D eigenvalue weighted by molar-refractivity contribution is 6.33. The normalized spacial score (nSPS) is 16.7. The van der Waals surface area contributed by atoms with Crippen LogP contribution in [0.1, 0.15) is 19.8 Å². The molecule has 0 aliphatic carbocycles. The average Bonchev–Trinajstić information content (AvgIpc) is 3.14. The van der Waals surface area contributed by atoms with Gasteiger partial charge in [-0.05, 0) is 44.1 Å². The maximum atomic E-state index is 13.4. The van der Waals surface area contributed by atoms with Crippen molar-refractivity contribution in [1.82, 2.24) is 14.9 Å². The summed E-state index contributed by atoms with van der Waals surface area (Å²) in [6.07, 6.45) is -2.89. The number of phenols is 1. The minimum Gasteiger partial charge on any atom is -0.507 e. The zero-order valence-electron chi connectivity index (χ0n) is 17.9. The minimum absolute atomic E-state index is 0.0862. The molecule has 0 amide bonds. The summed E-state index contributed by atoms with van der Waals surface area (Å²) in [5.41, 5.74) is 1.60. The second kappa shape index (κ2) is 10.4. The fourth-order valence-corrected chi connectivity index (χ4v) is 3.77. The van der Waals surface area contributed by atoms with E-state index in [4.69, 9.17) is 25.9 Å². The largest absolute Gasteiger partial charge is 0.507 e. The summed E-state index contributed by atoms with van der Waals surface area (Å²) in [5, 5.41) is 20.6. The van der Waals surface area contributed by atoms with Gasteiger partial charge in [0.1, 0.15) is 11.6 Å². The Labute approximate surface area is 196 Å². The van der Waals surface area contributed by atoms with E-state index < -0.39 is 18.0 Å². The first-order valence-corrected chi connectivity index (χ1v) is 10.6. The van der Waals surface area contributed by atoms with Gasteiger partial charge in [0.2, 0.25) is 5.65 Å². The third-order valence-electron chi connectivity index (χ3n) is 5.07. The van der Waals surface area contributed by atoms with Gasteiger partial charge >= 0.3 is 12.1 Å². The van der Waals surface area contributed by atoms with E-state index in [1.807, 2.05) is 0 Å². The maximum Gasteiger partial charge on any atom is 0.490 e. The number of hydrogen-bond donors (Lipinski definition) is 3. The van der Waals surface area contributed by atoms with Crippen LogP contribution in [0.3, 0.4) is 0 Å². The van der Waals surface area contributed by atoms with Crippen molar-refractivity contribution < 1.29 is 37.0 Å². The van der Waals surface area contributed by atoms with Crippen molar-refractivity contribution in [1.29, 1.82) is 0 Å². The molecule has 184 valence electrons. The summed E-state index contributed by atoms with van der Waals surface area (Å²) in [5.74, 6) is -3.63. The van der Waals surface area contributed by atoms with E-state index in [1.54, 1.807) is 12.1 Å². The van der Waals surface area contributed by atoms with E-state index in [2.05, 4.69) is 27.1 Å². The molecule has 1 aliphatic rings. The lowest BCUT2D eigenvalue weighted by Crippen LogP contribution is -2.41. The van der Waals surface area contributed by atoms with Crippen molar-refractivity contribution >= 4 is 34.8 Å². The topological polar surface area (TPSA) is 112 Å². The Morgan fingerprint density at radius 3 is 2.65 bits per heavy atom. The van der Waals surface area contributed by atoms with Gasteiger partial charge in [-0.2, -0.15) is 18.2 Å². The van der Waals surface area contributed by atoms with Crippen LogP contribution >= 0.6 is 11.6 Å². The monoisotopic (exact) mass is 504 g/mol. The molecule has 0 spiro atoms. The SMILES string of the molecule is CCN1CCCC(Nc2nc3nc(-c4c(O)cc(F)cc4Cl)ccc3o2)C1.O=C(O)C(F)(F)F. The quantitative estimate of drug-likeness (QED) is 0.429. The molecular formula is C21H21ClF4N4O4. The Bertz CT molecular complexity index is 1150. The Balaban J connectivity index is 0.000000406. The van der Waals surface area contributed by atoms with E-state index in [-0.39, 0.29) is 22.4 Å². The van der Waals surface area contributed by atoms with E-state index in [1.165, 1.54) is 0 Å². The van der Waals surface area contributed by atoms with E-state index in [9.17, 15) is 22.7 Å². The highest BCUT2D eigenvalue weighted by Crippen LogP contribution is 2.36. The van der Waals surface area contributed by atoms with Crippen LogP contribution in [-0.2, 0) is 4.79 Å². The summed E-state index contributed by atoms with van der Waals surface area (Å²) in [6.45, 7) is 5.25. The van der Waals surface area contributed by atoms with Crippen LogP contribution in [0.5, 0.6) is 5.75 Å². The minimum atomic E-state index is -5.08. The molecule has 1 aliphatic heterocycles. The lowest BCUT2D eigenvalue weighted by molar-refractivity contribution is -0.192. The Hall–Kier alpha value is -3.12. The molecule has 13 heteroatoms. The molecule has 0 radical (unpaired) electrons. The zero-order valence-corrected chi connectivity index (χ0v) is 18.6. The zero-order chi connectivity index (χ0) is 25.0. The number of aromatic hydroxyl groups is 1. The predicted molar refractivity (Wildman–Crippen MR) is 116 cm³/mol. The fourth-order valence-electron chi connectivity index (χ4n) is 3.47. The van der Waals surface area contributed by atoms with Crippen molar-refractivity contribution in [2.24, 2.45) is 0 Å². The Kier molecular flexibility index (Phi) is 7.82. The number of hydrogen-bond acceptors (Lipinski definition) is 7. The van der Waals surface area contributed by atoms with Gasteiger partial charge in [0.25, 0.3) is 6.01 Å². The number of benzene rings is 1. The number of nitrogens with one attached hydrogen (secondary N) is 1. The highest BCUT2D eigenvalue weighted by atomic mass is 35.5. The van der Waals surface area contributed by atoms with Crippen LogP contribution in [0.4, 0.5) is 23.6 Å². The number of aromatic nitrogens is 2. The van der Waals surface area contributed by atoms with Gasteiger partial charge < -0.3 is 24.8 Å². The summed E-state index contributed by atoms with van der Waals surface area (Å²) in [4.78, 5) is 20.1. The summed E-state index contributed by atoms with van der Waals surface area (Å²) < 4.78 is 50.8. The van der Waals surface area contributed by atoms with E-state index in [0.29, 0.717) is 22.9 Å². The highest BCUT2D eigenvalue weighted by Gasteiger charge is 2.38. The molecule has 3 heterocycles. The Morgan fingerprint density at radius 2 is 2.03 bits per heavy atom. The first-order valence-electron chi connectivity index (χ1n) is 10.2. The van der Waals surface area contributed by atoms with Gasteiger partial charge in [0.05, 0.1) is 16.3 Å². The smallest absolute Gasteiger partial charge is 0.490 e. The number of likely N-dealkylation sites (tertiary alicyclic amines) is 1. The van der Waals surface area contributed by atoms with Crippen molar-refractivity contribution in [3.63, 3.8) is 0 Å². The molecule has 3 aromatic rings. The van der Waals surface area contributed by atoms with Crippen molar-refractivity contribution in [3.8, 4) is 17.0 Å². The van der Waals surface area contributed by atoms with Gasteiger partial charge in [0.15, 0.2) is 5.58 Å². The van der Waals surface area contributed by atoms with Crippen LogP contribution in [-0.4, -0.2) is 62.9 Å². The average molecular weight is 505 g/mol. The fraction of sp³-hybridized carbons (Fsp3) is 0.381. The number of nitrogens with zero attached hydrogens (tertiary/aromatic N) is 3. The molecule has 0 bridgehead atoms. The lowest BCUT2D eigenvalue weighted by atomic mass is 10.1. The predicted octanol–water partition coefficient (Wildman–Crippen LogP) is 4.92. The standard InChI is InChI=1S/C19H20ClFN4O2.C2HF3O2/c1-2-25-7-3-4-12(10-25)22-19-24-18-16(27-19)6-5-14(23-18)17-13(20)8-11(21)9-15(17)26;3-2(4,5)1(6)7/h5-6,8-9,12,26H,2-4,7,10H2,1H3,(H,22,23,24);(H,6,7). The van der Waals surface area contributed by atoms with Crippen LogP contribution in [0.15, 0.2) is 28.7 Å². The third-order valence-corrected chi connectivity index (χ3v) is 5.36. The molecule has 1 aromatic carbocycles. The molecule has 4 rings (SSSR count). The number of rotatable bonds is 4. The van der Waals surface area contributed by atoms with Gasteiger partial charge in [-0.1, -0.05) is 18.5 Å². The molecule has 1 unspecified atom stereocenters. The molecule has 1 atom stereocenters. The summed E-state index contributed by atoms with van der Waals surface area (Å²) in [7, 11) is 0. The number of fused-ring (bicyclic) bond motifs is 1. The van der Waals surface area contributed by atoms with Crippen molar-refractivity contribution in [2.75, 3.05) is 25.0 Å². The van der Waals surface area contributed by atoms with Crippen LogP contribution in [0.25, 0.3) is 22.5 Å². The molecule has 34 heavy (non-hydrogen) atoms. The second-order valence-corrected chi connectivity index (χ2v) is 7.91. The first-order chi connectivity index (χ1) is 16.0. The molecule has 0 saturated carbocycles. The summed E-state index contributed by atoms with van der Waals surface area (Å²) >= 11 is 6.08. The van der Waals surface area contributed by atoms with Gasteiger partial charge in [-0.25, -0.2) is 14.2 Å². The van der Waals surface area contributed by atoms with Crippen LogP contribution in [0.2, 0.25) is 5.02 Å². The number of likely N-dealkylation sites (N-methyl/N-ethyl adjacent to an activating group) is 1. The van der Waals surface area contributed by atoms with Gasteiger partial charge in [0, 0.05) is 18.7 Å². The number of pyridine rings is 1. The molecule has 1 fully saturated rings. The number of carbonyl (C=O) groups is 1.